The van der Waals surface area contributed by atoms with Crippen molar-refractivity contribution in [3.05, 3.63) is 35.1 Å². The quantitative estimate of drug-likeness (QED) is 0.828. The van der Waals surface area contributed by atoms with Crippen LogP contribution in [-0.2, 0) is 12.8 Å². The largest absolute Gasteiger partial charge is 0.264 e. The number of aryl methyl sites for hydroxylation is 1. The topological polar surface area (TPSA) is 49.6 Å². The van der Waals surface area contributed by atoms with E-state index in [1.165, 1.54) is 0 Å². The summed E-state index contributed by atoms with van der Waals surface area (Å²) in [5.74, 6) is 0. The molecule has 0 radical (unpaired) electrons. The highest BCUT2D eigenvalue weighted by Crippen LogP contribution is 2.28. The summed E-state index contributed by atoms with van der Waals surface area (Å²) in [4.78, 5) is 9.80. The minimum atomic E-state index is 0.452. The van der Waals surface area contributed by atoms with Crippen LogP contribution in [-0.4, -0.2) is 9.97 Å². The van der Waals surface area contributed by atoms with Crippen LogP contribution in [0.2, 0.25) is 0 Å². The van der Waals surface area contributed by atoms with E-state index in [-0.39, 0.29) is 0 Å². The van der Waals surface area contributed by atoms with Gasteiger partial charge in [0.2, 0.25) is 0 Å². The molecule has 86 valence electrons. The molecule has 2 heterocycles. The van der Waals surface area contributed by atoms with Gasteiger partial charge in [-0.05, 0) is 18.6 Å². The van der Waals surface area contributed by atoms with Gasteiger partial charge >= 0.3 is 0 Å². The highest BCUT2D eigenvalue weighted by molar-refractivity contribution is 7.15. The van der Waals surface area contributed by atoms with Gasteiger partial charge in [-0.15, -0.1) is 11.3 Å². The molecule has 0 aliphatic heterocycles. The van der Waals surface area contributed by atoms with Crippen LogP contribution in [0.4, 0.5) is 0 Å². The fourth-order valence-corrected chi connectivity index (χ4v) is 2.67. The number of aromatic nitrogens is 2. The van der Waals surface area contributed by atoms with Gasteiger partial charge in [-0.25, -0.2) is 4.98 Å². The lowest BCUT2D eigenvalue weighted by Crippen LogP contribution is -1.89. The van der Waals surface area contributed by atoms with E-state index in [4.69, 9.17) is 5.26 Å². The van der Waals surface area contributed by atoms with Crippen LogP contribution in [0, 0.1) is 11.3 Å². The van der Waals surface area contributed by atoms with Crippen LogP contribution in [0.5, 0.6) is 0 Å². The fraction of sp³-hybridized carbons (Fsp3) is 0.308. The molecule has 2 aromatic heterocycles. The number of nitrogens with zero attached hydrogens (tertiary/aromatic N) is 3. The predicted molar refractivity (Wildman–Crippen MR) is 68.7 cm³/mol. The van der Waals surface area contributed by atoms with Crippen molar-refractivity contribution < 1.29 is 0 Å². The van der Waals surface area contributed by atoms with Crippen molar-refractivity contribution in [2.45, 2.75) is 26.2 Å². The van der Waals surface area contributed by atoms with Crippen molar-refractivity contribution in [3.63, 3.8) is 0 Å². The van der Waals surface area contributed by atoms with Gasteiger partial charge in [0.25, 0.3) is 0 Å². The molecule has 2 rings (SSSR count). The molecule has 0 saturated heterocycles. The van der Waals surface area contributed by atoms with Gasteiger partial charge in [-0.1, -0.05) is 13.3 Å². The minimum absolute atomic E-state index is 0.452. The SMILES string of the molecule is CCCc1nc(-c2cccnc2)sc1CC#N. The number of thiazole rings is 1. The van der Waals surface area contributed by atoms with Gasteiger partial charge in [-0.2, -0.15) is 5.26 Å². The average Bonchev–Trinajstić information content (AvgIpc) is 2.75. The smallest absolute Gasteiger partial charge is 0.125 e. The lowest BCUT2D eigenvalue weighted by Gasteiger charge is -1.94. The maximum atomic E-state index is 8.81. The van der Waals surface area contributed by atoms with Gasteiger partial charge in [-0.3, -0.25) is 4.98 Å². The third-order valence-corrected chi connectivity index (χ3v) is 3.56. The first kappa shape index (κ1) is 11.7. The van der Waals surface area contributed by atoms with Gasteiger partial charge < -0.3 is 0 Å². The molecule has 0 N–H and O–H groups in total. The Kier molecular flexibility index (Phi) is 3.84. The number of nitriles is 1. The molecule has 3 nitrogen and oxygen atoms in total. The first-order chi connectivity index (χ1) is 8.35. The zero-order valence-corrected chi connectivity index (χ0v) is 10.5. The van der Waals surface area contributed by atoms with Crippen molar-refractivity contribution in [2.75, 3.05) is 0 Å². The maximum absolute atomic E-state index is 8.81. The van der Waals surface area contributed by atoms with Crippen molar-refractivity contribution >= 4 is 11.3 Å². The van der Waals surface area contributed by atoms with E-state index >= 15 is 0 Å². The maximum Gasteiger partial charge on any atom is 0.125 e. The summed E-state index contributed by atoms with van der Waals surface area (Å²) in [7, 11) is 0. The van der Waals surface area contributed by atoms with Gasteiger partial charge in [0.15, 0.2) is 0 Å². The van der Waals surface area contributed by atoms with Crippen LogP contribution in [0.25, 0.3) is 10.6 Å². The predicted octanol–water partition coefficient (Wildman–Crippen LogP) is 3.22. The lowest BCUT2D eigenvalue weighted by atomic mass is 10.2. The highest BCUT2D eigenvalue weighted by Gasteiger charge is 2.11. The molecule has 0 aliphatic rings. The summed E-state index contributed by atoms with van der Waals surface area (Å²) < 4.78 is 0. The summed E-state index contributed by atoms with van der Waals surface area (Å²) in [6.45, 7) is 2.12. The molecule has 17 heavy (non-hydrogen) atoms. The van der Waals surface area contributed by atoms with Crippen LogP contribution in [0.1, 0.15) is 23.9 Å². The third kappa shape index (κ3) is 2.69. The van der Waals surface area contributed by atoms with Gasteiger partial charge in [0.1, 0.15) is 5.01 Å². The first-order valence-corrected chi connectivity index (χ1v) is 6.42. The Labute approximate surface area is 105 Å². The van der Waals surface area contributed by atoms with Crippen LogP contribution in [0.3, 0.4) is 0 Å². The molecule has 0 unspecified atom stereocenters. The molecule has 4 heteroatoms. The molecule has 2 aromatic rings. The molecular weight excluding hydrogens is 230 g/mol. The van der Waals surface area contributed by atoms with E-state index < -0.39 is 0 Å². The molecule has 0 aliphatic carbocycles. The van der Waals surface area contributed by atoms with Gasteiger partial charge in [0, 0.05) is 22.8 Å². The number of hydrogen-bond donors (Lipinski definition) is 0. The Morgan fingerprint density at radius 3 is 3.00 bits per heavy atom. The van der Waals surface area contributed by atoms with Crippen LogP contribution in [0.15, 0.2) is 24.5 Å². The molecule has 0 spiro atoms. The summed E-state index contributed by atoms with van der Waals surface area (Å²) in [5, 5.41) is 9.77. The van der Waals surface area contributed by atoms with Crippen molar-refractivity contribution in [3.8, 4) is 16.6 Å². The van der Waals surface area contributed by atoms with E-state index in [9.17, 15) is 0 Å². The summed E-state index contributed by atoms with van der Waals surface area (Å²) >= 11 is 1.60. The Morgan fingerprint density at radius 2 is 2.35 bits per heavy atom. The van der Waals surface area contributed by atoms with Crippen molar-refractivity contribution in [1.82, 2.24) is 9.97 Å². The second-order valence-electron chi connectivity index (χ2n) is 3.72. The summed E-state index contributed by atoms with van der Waals surface area (Å²) in [5.41, 5.74) is 2.09. The number of rotatable bonds is 4. The summed E-state index contributed by atoms with van der Waals surface area (Å²) in [6, 6.07) is 6.10. The Morgan fingerprint density at radius 1 is 1.47 bits per heavy atom. The van der Waals surface area contributed by atoms with E-state index in [1.807, 2.05) is 18.3 Å². The molecule has 0 bridgehead atoms. The zero-order valence-electron chi connectivity index (χ0n) is 9.68. The van der Waals surface area contributed by atoms with Crippen molar-refractivity contribution in [2.24, 2.45) is 0 Å². The first-order valence-electron chi connectivity index (χ1n) is 5.61. The number of pyridine rings is 1. The molecular formula is C13H13N3S. The minimum Gasteiger partial charge on any atom is -0.264 e. The molecule has 0 atom stereocenters. The van der Waals surface area contributed by atoms with E-state index in [1.54, 1.807) is 17.5 Å². The van der Waals surface area contributed by atoms with E-state index in [2.05, 4.69) is 23.0 Å². The Bertz CT molecular complexity index is 525. The van der Waals surface area contributed by atoms with Crippen LogP contribution >= 0.6 is 11.3 Å². The molecule has 0 amide bonds. The van der Waals surface area contributed by atoms with Crippen LogP contribution < -0.4 is 0 Å². The average molecular weight is 243 g/mol. The van der Waals surface area contributed by atoms with E-state index in [0.717, 1.165) is 34.0 Å². The number of hydrogen-bond acceptors (Lipinski definition) is 4. The molecule has 0 aromatic carbocycles. The van der Waals surface area contributed by atoms with E-state index in [0.29, 0.717) is 6.42 Å². The molecule has 0 fully saturated rings. The van der Waals surface area contributed by atoms with Crippen molar-refractivity contribution in [1.29, 1.82) is 5.26 Å². The monoisotopic (exact) mass is 243 g/mol. The second-order valence-corrected chi connectivity index (χ2v) is 4.80. The fourth-order valence-electron chi connectivity index (χ4n) is 1.64. The second kappa shape index (κ2) is 5.55. The molecule has 0 saturated carbocycles. The highest BCUT2D eigenvalue weighted by atomic mass is 32.1. The Hall–Kier alpha value is -1.73. The third-order valence-electron chi connectivity index (χ3n) is 2.41. The zero-order chi connectivity index (χ0) is 12.1. The normalized spacial score (nSPS) is 10.1. The lowest BCUT2D eigenvalue weighted by molar-refractivity contribution is 0.881. The summed E-state index contributed by atoms with van der Waals surface area (Å²) in [6.07, 6.45) is 6.00. The standard InChI is InChI=1S/C13H13N3S/c1-2-4-11-12(6-7-14)17-13(16-11)10-5-3-8-15-9-10/h3,5,8-9H,2,4,6H2,1H3. The Balaban J connectivity index is 2.37. The van der Waals surface area contributed by atoms with Gasteiger partial charge in [0.05, 0.1) is 18.2 Å².